The van der Waals surface area contributed by atoms with Crippen LogP contribution in [-0.2, 0) is 119 Å². The fraction of sp³-hybridized carbons (Fsp3) is 0.851. The minimum absolute atomic E-state index is 0. The van der Waals surface area contributed by atoms with Gasteiger partial charge >= 0.3 is 96.3 Å². The largest absolute Gasteiger partial charge is 0.748 e. The third-order valence-corrected chi connectivity index (χ3v) is 13.8. The third-order valence-electron chi connectivity index (χ3n) is 10.2. The summed E-state index contributed by atoms with van der Waals surface area (Å²) in [6.45, 7) is 1.21. The Morgan fingerprint density at radius 2 is 0.807 bits per heavy atom. The molecule has 4 rings (SSSR count). The maximum Gasteiger partial charge on any atom is 0.524 e. The minimum Gasteiger partial charge on any atom is -0.748 e. The molecule has 4 fully saturated rings. The van der Waals surface area contributed by atoms with Gasteiger partial charge in [0.2, 0.25) is 5.83 Å². The summed E-state index contributed by atoms with van der Waals surface area (Å²) in [7, 11) is -24.5. The monoisotopic (exact) mass is 2720 g/mol. The van der Waals surface area contributed by atoms with Gasteiger partial charge in [-0.3, -0.25) is 23.3 Å². The molecule has 67 heteroatoms. The average molecular weight is 2720 g/mol. The van der Waals surface area contributed by atoms with E-state index in [-0.39, 0.29) is 67.2 Å². The molecule has 24 nitrogen and oxygen atoms in total. The first-order valence-corrected chi connectivity index (χ1v) is 45.3. The van der Waals surface area contributed by atoms with Crippen molar-refractivity contribution >= 4 is 215 Å². The van der Waals surface area contributed by atoms with Crippen molar-refractivity contribution in [2.24, 2.45) is 0 Å². The Hall–Kier alpha value is 2.47. The van der Waals surface area contributed by atoms with E-state index in [0.29, 0.717) is 118 Å². The van der Waals surface area contributed by atoms with Crippen molar-refractivity contribution in [1.29, 1.82) is 0 Å². The summed E-state index contributed by atoms with van der Waals surface area (Å²) in [6.07, 6.45) is -14.7. The summed E-state index contributed by atoms with van der Waals surface area (Å²) in [5, 5.41) is 7.53. The number of carbonyl (C=O) groups excluding carboxylic acids is 1. The van der Waals surface area contributed by atoms with Gasteiger partial charge in [-0.15, -0.1) is 3.63 Å². The third kappa shape index (κ3) is 85.3. The van der Waals surface area contributed by atoms with Gasteiger partial charge in [-0.2, -0.15) is 104 Å². The van der Waals surface area contributed by atoms with E-state index in [2.05, 4.69) is 145 Å². The molecule has 0 aliphatic carbocycles. The zero-order valence-electron chi connectivity index (χ0n) is 57.8. The van der Waals surface area contributed by atoms with Crippen LogP contribution < -0.4 is 0 Å². The van der Waals surface area contributed by atoms with Crippen molar-refractivity contribution in [3.63, 3.8) is 0 Å². The van der Waals surface area contributed by atoms with Gasteiger partial charge in [-0.05, 0) is 4.93 Å². The fourth-order valence-corrected chi connectivity index (χ4v) is 7.36. The number of carbonyl (C=O) groups is 1. The quantitative estimate of drug-likeness (QED) is 0.0127. The van der Waals surface area contributed by atoms with Gasteiger partial charge in [-0.25, -0.2) is 65.1 Å². The Morgan fingerprint density at radius 1 is 0.535 bits per heavy atom. The number of hydrogen-bond acceptors (Lipinski definition) is 22. The molecular weight excluding hydrogens is 2640 g/mol. The van der Waals surface area contributed by atoms with Gasteiger partial charge in [0.25, 0.3) is 6.43 Å². The van der Waals surface area contributed by atoms with Crippen LogP contribution in [0.5, 0.6) is 0 Å². The van der Waals surface area contributed by atoms with Gasteiger partial charge in [0.1, 0.15) is 52.1 Å². The predicted molar refractivity (Wildman–Crippen MR) is 404 cm³/mol. The molecule has 0 unspecified atom stereocenters. The summed E-state index contributed by atoms with van der Waals surface area (Å²) in [6, 6.07) is 0. The van der Waals surface area contributed by atoms with Gasteiger partial charge in [0.05, 0.1) is 96.2 Å². The van der Waals surface area contributed by atoms with E-state index in [1.807, 2.05) is 31.2 Å². The van der Waals surface area contributed by atoms with Crippen LogP contribution in [-0.4, -0.2) is 319 Å². The SMILES string of the molecule is C.CI.CS(=O)(=O)[O-].CS(=O)(=O)[O-].C[N+]1(/C=C(\F)C(F)F)CCOCC1.C[N+]1(CC(F)(F)C(F)F)CCOCC1.FC(F)C(F)(F)CN1CCOCC1.IC(I)I.ICI.O=C/C(F)=C/N1CCOCC1.O=S(=O)(OCC(F)(F)C(F)F)C(F)(F)F.O=S(=O)(OS(=O)(=O)C(F)(F)F)C(F)(F)F.OCC(F)(F)C(F)F.[CH2-]I.[CH3-].[V].[V]. The first kappa shape index (κ1) is 145. The molecule has 1 N–H and O–H groups in total. The Bertz CT molecular complexity index is 2970. The zero-order valence-corrected chi connectivity index (χ0v) is 79.8. The number of morpholine rings is 4. The van der Waals surface area contributed by atoms with Crippen LogP contribution in [0.4, 0.5) is 127 Å². The number of halogens is 36. The number of aliphatic hydroxyl groups excluding tert-OH is 1. The minimum atomic E-state index is -6.85. The van der Waals surface area contributed by atoms with Crippen molar-refractivity contribution < 1.29 is 261 Å². The molecule has 4 aliphatic rings. The number of hydrogen-bond donors (Lipinski definition) is 1. The van der Waals surface area contributed by atoms with Gasteiger partial charge < -0.3 is 72.6 Å². The summed E-state index contributed by atoms with van der Waals surface area (Å²) in [5.41, 5.74) is -18.4. The molecule has 0 saturated carbocycles. The standard InChI is InChI=1S/C8H14F4NO.C8H13F3NO.C7H11F4NO.C7H10FNO2.C4H3F7O3S.C3H4F4O.C2F6O5S2.CHI3.CH2I2.CH3I.CH2I.2CH4O3S.CH4.CH3.2V/c1-13(2-4-14-5-3-13)6-8(11,12)7(9)10;1-12(2-4-13-5-3-12)6-7(9)8(10)11;8-6(9)7(10,11)5-12-1-3-13-4-2-12;8-7(6-10)5-9-1-3-11-4-2-9;5-2(6)3(7,8)1-14-15(12,13)4(9,10)11;4-2(5)3(6,7)1-8;3-1(4,5)14(9,10)13-15(11,12)2(6,7)8;2-1(3)4;2-1-3;2*1-2;2*1-5(2,3)4;;;;/h7H,2-6H2,1H3;6,8H,2-5H2,1H3;6H,1-5H2;5-6H,1-4H2;2H,1H2;2,8H,1H2;;1H;1H2;1H3;1H2;2*1H3,(H,2,3,4);1H4;1H3;;/q2*+1;;;;;;;;;-1;;;;-1;;/p-2/b;7-6-;;7-5-;;;;;;;;;;;;;. The smallest absolute Gasteiger partial charge is 0.524 e. The Morgan fingerprint density at radius 3 is 1.05 bits per heavy atom. The first-order valence-electron chi connectivity index (χ1n) is 27.0. The zero-order chi connectivity index (χ0) is 90.0. The van der Waals surface area contributed by atoms with Crippen molar-refractivity contribution in [2.45, 2.75) is 79.7 Å². The van der Waals surface area contributed by atoms with Crippen LogP contribution in [0.25, 0.3) is 0 Å². The van der Waals surface area contributed by atoms with E-state index >= 15 is 0 Å². The number of quaternary nitrogens is 2. The van der Waals surface area contributed by atoms with Crippen LogP contribution in [0.2, 0.25) is 0 Å². The maximum absolute atomic E-state index is 12.8. The number of allylic oxidation sites excluding steroid dienone is 2. The molecule has 0 spiro atoms. The normalized spacial score (nSPS) is 16.3. The van der Waals surface area contributed by atoms with E-state index in [1.165, 1.54) is 13.5 Å². The molecule has 4 saturated heterocycles. The summed E-state index contributed by atoms with van der Waals surface area (Å²) in [4.78, 5) is 18.1. The summed E-state index contributed by atoms with van der Waals surface area (Å²) < 4.78 is 481. The van der Waals surface area contributed by atoms with E-state index in [1.54, 1.807) is 19.0 Å². The van der Waals surface area contributed by atoms with Crippen LogP contribution in [0.15, 0.2) is 24.1 Å². The number of nitrogens with zero attached hydrogens (tertiary/aromatic N) is 4. The molecule has 0 bridgehead atoms. The molecule has 0 amide bonds. The molecule has 4 heterocycles. The van der Waals surface area contributed by atoms with Crippen LogP contribution >= 0.6 is 158 Å². The predicted octanol–water partition coefficient (Wildman–Crippen LogP) is 13.8. The van der Waals surface area contributed by atoms with Crippen molar-refractivity contribution in [3.8, 4) is 0 Å². The molecule has 2 radical (unpaired) electrons. The van der Waals surface area contributed by atoms with E-state index in [0.717, 1.165) is 6.14 Å². The number of rotatable bonds is 18. The van der Waals surface area contributed by atoms with Crippen LogP contribution in [0.3, 0.4) is 0 Å². The van der Waals surface area contributed by atoms with Crippen LogP contribution in [0.1, 0.15) is 7.43 Å². The molecule has 4 aliphatic heterocycles. The Balaban J connectivity index is -0.0000000909. The van der Waals surface area contributed by atoms with Crippen molar-refractivity contribution in [3.05, 3.63) is 36.4 Å². The second-order valence-electron chi connectivity index (χ2n) is 19.6. The number of alkyl halides is 33. The van der Waals surface area contributed by atoms with Crippen molar-refractivity contribution in [1.82, 2.24) is 9.80 Å². The van der Waals surface area contributed by atoms with Gasteiger partial charge in [0.15, 0.2) is 12.1 Å². The van der Waals surface area contributed by atoms with E-state index < -0.39 is 161 Å². The topological polar surface area (TPSA) is 316 Å². The molecule has 698 valence electrons. The molecular formula is C47H76F29I7N4O20S5V2-2. The van der Waals surface area contributed by atoms with Gasteiger partial charge in [0, 0.05) is 82.0 Å². The summed E-state index contributed by atoms with van der Waals surface area (Å²) >= 11 is 15.6. The fourth-order valence-electron chi connectivity index (χ4n) is 5.35. The Kier molecular flexibility index (Phi) is 89.7. The van der Waals surface area contributed by atoms with Crippen LogP contribution in [0, 0.1) is 12.4 Å². The second kappa shape index (κ2) is 70.5. The van der Waals surface area contributed by atoms with E-state index in [9.17, 15) is 157 Å². The summed E-state index contributed by atoms with van der Waals surface area (Å²) in [5.74, 6) is -19.1. The number of aldehydes is 1. The first-order chi connectivity index (χ1) is 49.0. The van der Waals surface area contributed by atoms with E-state index in [4.69, 9.17) is 50.0 Å². The molecule has 114 heavy (non-hydrogen) atoms. The maximum atomic E-state index is 12.8. The molecule has 0 aromatic heterocycles. The molecule has 0 atom stereocenters. The second-order valence-corrected chi connectivity index (χ2v) is 42.6. The van der Waals surface area contributed by atoms with Gasteiger partial charge in [-0.1, -0.05) is 143 Å². The number of ether oxygens (including phenoxy) is 4. The Labute approximate surface area is 759 Å². The number of likely N-dealkylation sites (N-methyl/N-ethyl adjacent to an activating group) is 2. The van der Waals surface area contributed by atoms with Crippen molar-refractivity contribution in [2.75, 3.05) is 165 Å². The molecule has 0 aromatic carbocycles. The molecule has 0 aromatic rings. The number of aliphatic hydroxyl groups is 1. The average Bonchev–Trinajstić information content (AvgIpc) is 0.817.